The quantitative estimate of drug-likeness (QED) is 0.0264. The Hall–Kier alpha value is -5.41. The van der Waals surface area contributed by atoms with Crippen molar-refractivity contribution in [2.24, 2.45) is 5.73 Å². The van der Waals surface area contributed by atoms with Gasteiger partial charge in [0.1, 0.15) is 6.61 Å². The molecule has 101 heavy (non-hydrogen) atoms. The monoisotopic (exact) mass is 1410 g/mol. The normalized spacial score (nSPS) is 14.0. The molecule has 0 rings (SSSR count). The molecule has 2 atom stereocenters. The summed E-state index contributed by atoms with van der Waals surface area (Å²) in [6.07, 6.45) is 128. The SMILES string of the molecule is CC/C=C\C/C=C\C/C=C\C/C=C\C/C=C\C/C=C\C/C=C\C/C=C\C/C=C\C/C=C\C/C=C\CCCCCCCCCC(=O)OC(COC(=O)CCCCCCCCCCCCCCCCCCCCCC/C=C\C/C=C\C/C=C\C/C=C\C/C=C\C/C=C\CC)COP(=O)(O)OCCN. The summed E-state index contributed by atoms with van der Waals surface area (Å²) in [5, 5.41) is 0. The van der Waals surface area contributed by atoms with Gasteiger partial charge in [-0.05, 0) is 148 Å². The maximum atomic E-state index is 12.8. The number of carbonyl (C=O) groups excluding carboxylic acids is 2. The molecule has 570 valence electrons. The van der Waals surface area contributed by atoms with Crippen molar-refractivity contribution in [1.82, 2.24) is 0 Å². The summed E-state index contributed by atoms with van der Waals surface area (Å²) >= 11 is 0. The Bertz CT molecular complexity index is 2420. The van der Waals surface area contributed by atoms with Gasteiger partial charge in [0, 0.05) is 19.4 Å². The molecule has 0 amide bonds. The average molecular weight is 1420 g/mol. The molecule has 0 spiro atoms. The Morgan fingerprint density at radius 1 is 0.297 bits per heavy atom. The van der Waals surface area contributed by atoms with Crippen molar-refractivity contribution in [3.05, 3.63) is 207 Å². The number of rotatable bonds is 74. The smallest absolute Gasteiger partial charge is 0.462 e. The van der Waals surface area contributed by atoms with Gasteiger partial charge in [-0.1, -0.05) is 368 Å². The molecule has 3 N–H and O–H groups in total. The maximum absolute atomic E-state index is 12.8. The lowest BCUT2D eigenvalue weighted by atomic mass is 10.0. The molecule has 0 aromatic heterocycles. The van der Waals surface area contributed by atoms with E-state index in [2.05, 4.69) is 220 Å². The van der Waals surface area contributed by atoms with Crippen LogP contribution in [-0.4, -0.2) is 49.3 Å². The molecule has 0 aliphatic rings. The molecule has 9 nitrogen and oxygen atoms in total. The van der Waals surface area contributed by atoms with Crippen molar-refractivity contribution >= 4 is 19.8 Å². The van der Waals surface area contributed by atoms with Gasteiger partial charge in [0.25, 0.3) is 0 Å². The lowest BCUT2D eigenvalue weighted by Gasteiger charge is -2.19. The van der Waals surface area contributed by atoms with Gasteiger partial charge in [0.15, 0.2) is 6.10 Å². The number of ether oxygens (including phenoxy) is 2. The number of phosphoric ester groups is 1. The Balaban J connectivity index is 3.91. The average Bonchev–Trinajstić information content (AvgIpc) is 1.04. The van der Waals surface area contributed by atoms with Crippen LogP contribution in [0.4, 0.5) is 0 Å². The van der Waals surface area contributed by atoms with Crippen LogP contribution in [0.3, 0.4) is 0 Å². The third kappa shape index (κ3) is 83.4. The van der Waals surface area contributed by atoms with Crippen molar-refractivity contribution in [2.75, 3.05) is 26.4 Å². The number of unbranched alkanes of at least 4 members (excludes halogenated alkanes) is 27. The fourth-order valence-electron chi connectivity index (χ4n) is 10.8. The van der Waals surface area contributed by atoms with E-state index in [0.29, 0.717) is 6.42 Å². The van der Waals surface area contributed by atoms with Crippen molar-refractivity contribution in [3.63, 3.8) is 0 Å². The molecule has 10 heteroatoms. The molecule has 0 fully saturated rings. The summed E-state index contributed by atoms with van der Waals surface area (Å²) in [6.45, 7) is 3.51. The maximum Gasteiger partial charge on any atom is 0.472 e. The summed E-state index contributed by atoms with van der Waals surface area (Å²) in [6, 6.07) is 0. The van der Waals surface area contributed by atoms with Crippen molar-refractivity contribution in [1.29, 1.82) is 0 Å². The highest BCUT2D eigenvalue weighted by Crippen LogP contribution is 2.43. The van der Waals surface area contributed by atoms with E-state index < -0.39 is 26.5 Å². The van der Waals surface area contributed by atoms with Crippen LogP contribution in [0.25, 0.3) is 0 Å². The predicted octanol–water partition coefficient (Wildman–Crippen LogP) is 27.8. The van der Waals surface area contributed by atoms with Gasteiger partial charge in [0.05, 0.1) is 13.2 Å². The second-order valence-corrected chi connectivity index (χ2v) is 27.6. The van der Waals surface area contributed by atoms with Crippen LogP contribution in [-0.2, 0) is 32.7 Å². The summed E-state index contributed by atoms with van der Waals surface area (Å²) in [7, 11) is -4.41. The van der Waals surface area contributed by atoms with E-state index in [1.807, 2.05) is 0 Å². The van der Waals surface area contributed by atoms with Crippen LogP contribution < -0.4 is 5.73 Å². The Morgan fingerprint density at radius 2 is 0.515 bits per heavy atom. The van der Waals surface area contributed by atoms with Crippen molar-refractivity contribution in [2.45, 2.75) is 328 Å². The van der Waals surface area contributed by atoms with Gasteiger partial charge in [-0.3, -0.25) is 18.6 Å². The molecule has 0 saturated carbocycles. The lowest BCUT2D eigenvalue weighted by molar-refractivity contribution is -0.161. The number of esters is 2. The summed E-state index contributed by atoms with van der Waals surface area (Å²) < 4.78 is 33.3. The van der Waals surface area contributed by atoms with Crippen LogP contribution >= 0.6 is 7.82 Å². The lowest BCUT2D eigenvalue weighted by Crippen LogP contribution is -2.29. The number of hydrogen-bond donors (Lipinski definition) is 2. The zero-order chi connectivity index (χ0) is 72.9. The molecular formula is C91H148NO8P. The van der Waals surface area contributed by atoms with Crippen LogP contribution in [0.1, 0.15) is 322 Å². The van der Waals surface area contributed by atoms with E-state index in [1.165, 1.54) is 128 Å². The van der Waals surface area contributed by atoms with Crippen molar-refractivity contribution < 1.29 is 37.6 Å². The fourth-order valence-corrected chi connectivity index (χ4v) is 11.5. The minimum atomic E-state index is -4.41. The first-order valence-electron chi connectivity index (χ1n) is 40.6. The molecule has 0 aliphatic heterocycles. The minimum absolute atomic E-state index is 0.0434. The van der Waals surface area contributed by atoms with E-state index in [4.69, 9.17) is 24.3 Å². The standard InChI is InChI=1S/C91H148NO8P/c1-3-5-7-9-11-13-15-17-19-21-23-25-27-29-31-33-35-37-39-41-43-44-46-48-50-52-54-56-58-60-62-64-66-68-70-72-74-76-78-80-82-84-91(94)100-89(88-99-101(95,96)98-86-85-92)87-97-90(93)83-81-79-77-75-73-71-69-67-65-63-61-59-57-55-53-51-49-47-45-42-40-38-36-34-32-30-28-26-24-22-20-18-16-14-12-10-8-6-4-2/h5-8,11-14,17-20,23-26,29-32,35-38,41,43,46,48,52,54,58,60,64,66,89H,3-4,9-10,15-16,21-22,27-28,33-34,39-40,42,44-45,47,49-51,53,55-57,59,61-63,65,67-88,92H2,1-2H3,(H,95,96)/b7-5-,8-6-,13-11-,14-12-,19-17-,20-18-,25-23-,26-24-,31-29-,32-30-,37-35-,38-36-,43-41-,48-46-,54-52-,60-58-,66-64-. The zero-order valence-corrected chi connectivity index (χ0v) is 65.2. The van der Waals surface area contributed by atoms with Gasteiger partial charge >= 0.3 is 19.8 Å². The van der Waals surface area contributed by atoms with E-state index in [9.17, 15) is 19.0 Å². The van der Waals surface area contributed by atoms with Gasteiger partial charge in [-0.15, -0.1) is 0 Å². The van der Waals surface area contributed by atoms with E-state index in [1.54, 1.807) is 0 Å². The van der Waals surface area contributed by atoms with E-state index in [0.717, 1.165) is 161 Å². The van der Waals surface area contributed by atoms with Gasteiger partial charge in [0.2, 0.25) is 0 Å². The summed E-state index contributed by atoms with van der Waals surface area (Å²) in [5.41, 5.74) is 5.41. The second-order valence-electron chi connectivity index (χ2n) is 26.2. The number of phosphoric acid groups is 1. The van der Waals surface area contributed by atoms with E-state index >= 15 is 0 Å². The van der Waals surface area contributed by atoms with Gasteiger partial charge < -0.3 is 20.1 Å². The molecule has 0 aromatic carbocycles. The Labute approximate surface area is 620 Å². The minimum Gasteiger partial charge on any atom is -0.462 e. The third-order valence-corrected chi connectivity index (χ3v) is 17.6. The highest BCUT2D eigenvalue weighted by Gasteiger charge is 2.26. The highest BCUT2D eigenvalue weighted by molar-refractivity contribution is 7.47. The number of carbonyl (C=O) groups is 2. The van der Waals surface area contributed by atoms with Crippen LogP contribution in [0.2, 0.25) is 0 Å². The Kier molecular flexibility index (Phi) is 79.1. The predicted molar refractivity (Wildman–Crippen MR) is 440 cm³/mol. The molecule has 0 aliphatic carbocycles. The van der Waals surface area contributed by atoms with Crippen LogP contribution in [0.15, 0.2) is 207 Å². The van der Waals surface area contributed by atoms with E-state index in [-0.39, 0.29) is 38.6 Å². The fraction of sp³-hybridized carbons (Fsp3) is 0.604. The largest absolute Gasteiger partial charge is 0.472 e. The first kappa shape index (κ1) is 95.6. The second kappa shape index (κ2) is 83.5. The first-order valence-corrected chi connectivity index (χ1v) is 42.1. The van der Waals surface area contributed by atoms with Gasteiger partial charge in [-0.2, -0.15) is 0 Å². The van der Waals surface area contributed by atoms with Crippen LogP contribution in [0.5, 0.6) is 0 Å². The molecule has 2 unspecified atom stereocenters. The molecule has 0 bridgehead atoms. The molecule has 0 radical (unpaired) electrons. The molecule has 0 heterocycles. The Morgan fingerprint density at radius 3 is 0.762 bits per heavy atom. The molecule has 0 saturated heterocycles. The highest BCUT2D eigenvalue weighted by atomic mass is 31.2. The zero-order valence-electron chi connectivity index (χ0n) is 64.3. The van der Waals surface area contributed by atoms with Crippen molar-refractivity contribution in [3.8, 4) is 0 Å². The number of allylic oxidation sites excluding steroid dienone is 34. The number of nitrogens with two attached hydrogens (primary N) is 1. The number of hydrogen-bond acceptors (Lipinski definition) is 8. The summed E-state index contributed by atoms with van der Waals surface area (Å²) in [4.78, 5) is 35.5. The topological polar surface area (TPSA) is 134 Å². The molecule has 0 aromatic rings. The van der Waals surface area contributed by atoms with Crippen LogP contribution in [0, 0.1) is 0 Å². The summed E-state index contributed by atoms with van der Waals surface area (Å²) in [5.74, 6) is -0.843. The third-order valence-electron chi connectivity index (χ3n) is 16.7. The van der Waals surface area contributed by atoms with Gasteiger partial charge in [-0.25, -0.2) is 4.57 Å². The first-order chi connectivity index (χ1) is 49.8. The molecular weight excluding hydrogens is 1270 g/mol.